The highest BCUT2D eigenvalue weighted by molar-refractivity contribution is 6.08. The van der Waals surface area contributed by atoms with Crippen molar-refractivity contribution in [3.63, 3.8) is 0 Å². The van der Waals surface area contributed by atoms with E-state index in [9.17, 15) is 9.18 Å². The molecule has 0 spiro atoms. The highest BCUT2D eigenvalue weighted by Crippen LogP contribution is 2.24. The minimum absolute atomic E-state index is 0.243. The molecule has 3 aromatic carbocycles. The molecule has 0 bridgehead atoms. The van der Waals surface area contributed by atoms with E-state index in [1.165, 1.54) is 29.5 Å². The normalized spacial score (nSPS) is 10.5. The molecule has 0 unspecified atom stereocenters. The second-order valence-electron chi connectivity index (χ2n) is 6.36. The Labute approximate surface area is 172 Å². The molecular formula is C22H18FN5O2. The lowest BCUT2D eigenvalue weighted by Gasteiger charge is -2.13. The van der Waals surface area contributed by atoms with Crippen LogP contribution in [0.3, 0.4) is 0 Å². The van der Waals surface area contributed by atoms with Crippen LogP contribution < -0.4 is 15.4 Å². The molecule has 0 aliphatic rings. The van der Waals surface area contributed by atoms with E-state index in [0.29, 0.717) is 16.9 Å². The van der Waals surface area contributed by atoms with Crippen LogP contribution in [-0.2, 0) is 0 Å². The fourth-order valence-corrected chi connectivity index (χ4v) is 2.92. The topological polar surface area (TPSA) is 81.1 Å². The number of nitrogens with one attached hydrogen (secondary N) is 2. The van der Waals surface area contributed by atoms with Gasteiger partial charge in [-0.05, 0) is 54.6 Å². The monoisotopic (exact) mass is 403 g/mol. The standard InChI is InChI=1S/C22H18FN5O2/c1-30-17-9-6-15(7-10-17)26-20-5-3-2-4-18(20)22(29)27-16-8-11-21(19(23)12-16)28-14-24-13-25-28/h2-14,26H,1H3,(H,27,29). The molecule has 30 heavy (non-hydrogen) atoms. The molecule has 0 aliphatic heterocycles. The van der Waals surface area contributed by atoms with Crippen molar-refractivity contribution in [3.05, 3.63) is 90.8 Å². The van der Waals surface area contributed by atoms with Gasteiger partial charge in [-0.3, -0.25) is 4.79 Å². The molecule has 2 N–H and O–H groups in total. The third-order valence-electron chi connectivity index (χ3n) is 4.41. The van der Waals surface area contributed by atoms with Crippen LogP contribution in [0.1, 0.15) is 10.4 Å². The maximum Gasteiger partial charge on any atom is 0.257 e. The number of amides is 1. The number of hydrogen-bond donors (Lipinski definition) is 2. The lowest BCUT2D eigenvalue weighted by atomic mass is 10.1. The average Bonchev–Trinajstić information content (AvgIpc) is 3.29. The number of ether oxygens (including phenoxy) is 1. The maximum atomic E-state index is 14.4. The Hall–Kier alpha value is -4.20. The van der Waals surface area contributed by atoms with Crippen molar-refractivity contribution in [1.82, 2.24) is 14.8 Å². The van der Waals surface area contributed by atoms with Crippen LogP contribution in [0.4, 0.5) is 21.5 Å². The molecule has 7 nitrogen and oxygen atoms in total. The molecule has 150 valence electrons. The highest BCUT2D eigenvalue weighted by Gasteiger charge is 2.13. The largest absolute Gasteiger partial charge is 0.497 e. The first kappa shape index (κ1) is 19.1. The van der Waals surface area contributed by atoms with Crippen molar-refractivity contribution in [2.45, 2.75) is 0 Å². The fourth-order valence-electron chi connectivity index (χ4n) is 2.92. The Morgan fingerprint density at radius 2 is 1.80 bits per heavy atom. The fraction of sp³-hybridized carbons (Fsp3) is 0.0455. The van der Waals surface area contributed by atoms with Crippen LogP contribution in [-0.4, -0.2) is 27.8 Å². The summed E-state index contributed by atoms with van der Waals surface area (Å²) in [5.74, 6) is -0.148. The molecular weight excluding hydrogens is 385 g/mol. The van der Waals surface area contributed by atoms with E-state index in [-0.39, 0.29) is 11.6 Å². The van der Waals surface area contributed by atoms with Crippen LogP contribution in [0.25, 0.3) is 5.69 Å². The molecule has 4 aromatic rings. The van der Waals surface area contributed by atoms with Crippen molar-refractivity contribution in [2.24, 2.45) is 0 Å². The SMILES string of the molecule is COc1ccc(Nc2ccccc2C(=O)Nc2ccc(-n3cncn3)c(F)c2)cc1. The summed E-state index contributed by atoms with van der Waals surface area (Å²) in [5, 5.41) is 9.86. The van der Waals surface area contributed by atoms with Gasteiger partial charge in [0.05, 0.1) is 18.4 Å². The number of rotatable bonds is 6. The van der Waals surface area contributed by atoms with E-state index < -0.39 is 5.82 Å². The second kappa shape index (κ2) is 8.44. The number of para-hydroxylation sites is 1. The zero-order chi connectivity index (χ0) is 20.9. The predicted molar refractivity (Wildman–Crippen MR) is 112 cm³/mol. The molecule has 0 saturated heterocycles. The maximum absolute atomic E-state index is 14.4. The third kappa shape index (κ3) is 4.12. The molecule has 4 rings (SSSR count). The third-order valence-corrected chi connectivity index (χ3v) is 4.41. The van der Waals surface area contributed by atoms with Crippen molar-refractivity contribution in [1.29, 1.82) is 0 Å². The van der Waals surface area contributed by atoms with Gasteiger partial charge in [0.1, 0.15) is 24.1 Å². The molecule has 0 saturated carbocycles. The Bertz CT molecular complexity index is 1160. The summed E-state index contributed by atoms with van der Waals surface area (Å²) in [6.45, 7) is 0. The zero-order valence-electron chi connectivity index (χ0n) is 16.0. The number of aromatic nitrogens is 3. The molecule has 0 atom stereocenters. The van der Waals surface area contributed by atoms with Crippen molar-refractivity contribution in [3.8, 4) is 11.4 Å². The van der Waals surface area contributed by atoms with Gasteiger partial charge in [0.15, 0.2) is 5.82 Å². The lowest BCUT2D eigenvalue weighted by Crippen LogP contribution is -2.14. The second-order valence-corrected chi connectivity index (χ2v) is 6.36. The Kier molecular flexibility index (Phi) is 5.38. The summed E-state index contributed by atoms with van der Waals surface area (Å²) in [5.41, 5.74) is 2.43. The van der Waals surface area contributed by atoms with Gasteiger partial charge in [-0.1, -0.05) is 12.1 Å². The van der Waals surface area contributed by atoms with Gasteiger partial charge in [0, 0.05) is 11.4 Å². The summed E-state index contributed by atoms with van der Waals surface area (Å²) in [7, 11) is 1.60. The van der Waals surface area contributed by atoms with E-state index in [4.69, 9.17) is 4.74 Å². The summed E-state index contributed by atoms with van der Waals surface area (Å²) >= 11 is 0. The first-order chi connectivity index (χ1) is 14.6. The summed E-state index contributed by atoms with van der Waals surface area (Å²) in [6.07, 6.45) is 2.72. The molecule has 0 radical (unpaired) electrons. The van der Waals surface area contributed by atoms with Gasteiger partial charge in [0.2, 0.25) is 0 Å². The zero-order valence-corrected chi connectivity index (χ0v) is 16.0. The quantitative estimate of drug-likeness (QED) is 0.498. The van der Waals surface area contributed by atoms with Gasteiger partial charge in [-0.2, -0.15) is 5.10 Å². The van der Waals surface area contributed by atoms with Gasteiger partial charge >= 0.3 is 0 Å². The lowest BCUT2D eigenvalue weighted by molar-refractivity contribution is 0.102. The Balaban J connectivity index is 1.53. The van der Waals surface area contributed by atoms with Crippen LogP contribution in [0.2, 0.25) is 0 Å². The molecule has 0 fully saturated rings. The van der Waals surface area contributed by atoms with Crippen molar-refractivity contribution < 1.29 is 13.9 Å². The molecule has 0 aliphatic carbocycles. The van der Waals surface area contributed by atoms with Gasteiger partial charge in [-0.25, -0.2) is 14.1 Å². The van der Waals surface area contributed by atoms with Crippen LogP contribution in [0, 0.1) is 5.82 Å². The highest BCUT2D eigenvalue weighted by atomic mass is 19.1. The van der Waals surface area contributed by atoms with E-state index in [0.717, 1.165) is 11.4 Å². The van der Waals surface area contributed by atoms with Crippen LogP contribution >= 0.6 is 0 Å². The smallest absolute Gasteiger partial charge is 0.257 e. The van der Waals surface area contributed by atoms with Crippen molar-refractivity contribution >= 4 is 23.0 Å². The number of carbonyl (C=O) groups excluding carboxylic acids is 1. The minimum atomic E-state index is -0.525. The number of methoxy groups -OCH3 is 1. The average molecular weight is 403 g/mol. The number of hydrogen-bond acceptors (Lipinski definition) is 5. The summed E-state index contributed by atoms with van der Waals surface area (Å²) in [4.78, 5) is 16.6. The van der Waals surface area contributed by atoms with Gasteiger partial charge in [-0.15, -0.1) is 0 Å². The van der Waals surface area contributed by atoms with Gasteiger partial charge in [0.25, 0.3) is 5.91 Å². The number of halogens is 1. The first-order valence-electron chi connectivity index (χ1n) is 9.10. The van der Waals surface area contributed by atoms with E-state index in [1.54, 1.807) is 31.4 Å². The Morgan fingerprint density at radius 3 is 2.50 bits per heavy atom. The number of carbonyl (C=O) groups is 1. The number of anilines is 3. The summed E-state index contributed by atoms with van der Waals surface area (Å²) < 4.78 is 20.9. The number of benzene rings is 3. The molecule has 1 amide bonds. The summed E-state index contributed by atoms with van der Waals surface area (Å²) in [6, 6.07) is 18.8. The van der Waals surface area contributed by atoms with Crippen molar-refractivity contribution in [2.75, 3.05) is 17.7 Å². The van der Waals surface area contributed by atoms with E-state index >= 15 is 0 Å². The molecule has 8 heteroatoms. The minimum Gasteiger partial charge on any atom is -0.497 e. The first-order valence-corrected chi connectivity index (χ1v) is 9.10. The molecule has 1 heterocycles. The van der Waals surface area contributed by atoms with E-state index in [2.05, 4.69) is 20.7 Å². The molecule has 1 aromatic heterocycles. The van der Waals surface area contributed by atoms with Crippen LogP contribution in [0.5, 0.6) is 5.75 Å². The Morgan fingerprint density at radius 1 is 1.03 bits per heavy atom. The van der Waals surface area contributed by atoms with Crippen LogP contribution in [0.15, 0.2) is 79.4 Å². The predicted octanol–water partition coefficient (Wildman–Crippen LogP) is 4.41. The van der Waals surface area contributed by atoms with Gasteiger partial charge < -0.3 is 15.4 Å². The van der Waals surface area contributed by atoms with E-state index in [1.807, 2.05) is 30.3 Å². The number of nitrogens with zero attached hydrogens (tertiary/aromatic N) is 3.